The predicted octanol–water partition coefficient (Wildman–Crippen LogP) is 4.07. The molecule has 0 spiro atoms. The Morgan fingerprint density at radius 3 is 2.68 bits per heavy atom. The van der Waals surface area contributed by atoms with Crippen LogP contribution in [0.15, 0.2) is 41.8 Å². The third kappa shape index (κ3) is 4.58. The number of rotatable bonds is 7. The van der Waals surface area contributed by atoms with E-state index in [9.17, 15) is 9.18 Å². The van der Waals surface area contributed by atoms with Crippen LogP contribution >= 0.6 is 11.3 Å². The topological polar surface area (TPSA) is 26.3 Å². The largest absolute Gasteiger partial charge is 0.376 e. The van der Waals surface area contributed by atoms with E-state index in [2.05, 4.69) is 0 Å². The molecule has 0 aliphatic heterocycles. The van der Waals surface area contributed by atoms with Gasteiger partial charge in [-0.2, -0.15) is 0 Å². The summed E-state index contributed by atoms with van der Waals surface area (Å²) in [5.74, 6) is -0.296. The third-order valence-corrected chi connectivity index (χ3v) is 3.53. The summed E-state index contributed by atoms with van der Waals surface area (Å²) in [4.78, 5) is 13.0. The van der Waals surface area contributed by atoms with E-state index >= 15 is 0 Å². The molecule has 0 atom stereocenters. The van der Waals surface area contributed by atoms with Crippen molar-refractivity contribution in [3.63, 3.8) is 0 Å². The quantitative estimate of drug-likeness (QED) is 0.564. The normalized spacial score (nSPS) is 10.6. The smallest absolute Gasteiger partial charge is 0.162 e. The maximum absolute atomic E-state index is 12.7. The van der Waals surface area contributed by atoms with Crippen molar-refractivity contribution >= 4 is 17.1 Å². The molecule has 0 bridgehead atoms. The van der Waals surface area contributed by atoms with Crippen molar-refractivity contribution in [3.05, 3.63) is 58.0 Å². The van der Waals surface area contributed by atoms with Crippen LogP contribution in [0.5, 0.6) is 0 Å². The van der Waals surface area contributed by atoms with E-state index in [1.54, 1.807) is 11.3 Å². The number of carbonyl (C=O) groups excluding carboxylic acids is 1. The van der Waals surface area contributed by atoms with E-state index in [1.165, 1.54) is 29.1 Å². The van der Waals surface area contributed by atoms with E-state index in [1.807, 2.05) is 17.5 Å². The predicted molar refractivity (Wildman–Crippen MR) is 73.9 cm³/mol. The zero-order chi connectivity index (χ0) is 13.5. The number of hydrogen-bond donors (Lipinski definition) is 0. The van der Waals surface area contributed by atoms with Gasteiger partial charge in [0.1, 0.15) is 5.82 Å². The highest BCUT2D eigenvalue weighted by molar-refractivity contribution is 7.09. The molecule has 0 amide bonds. The summed E-state index contributed by atoms with van der Waals surface area (Å²) in [6, 6.07) is 9.66. The second-order valence-electron chi connectivity index (χ2n) is 4.17. The summed E-state index contributed by atoms with van der Waals surface area (Å²) in [6.45, 7) is 1.16. The molecule has 0 radical (unpaired) electrons. The highest BCUT2D eigenvalue weighted by Gasteiger charge is 2.05. The molecule has 0 unspecified atom stereocenters. The lowest BCUT2D eigenvalue weighted by Gasteiger charge is -2.03. The molecular weight excluding hydrogens is 263 g/mol. The maximum atomic E-state index is 12.7. The number of Topliss-reactive ketones (excluding diaryl/α,β-unsaturated/α-hetero) is 1. The molecule has 0 saturated heterocycles. The lowest BCUT2D eigenvalue weighted by atomic mass is 10.1. The Bertz CT molecular complexity index is 505. The van der Waals surface area contributed by atoms with Crippen molar-refractivity contribution < 1.29 is 13.9 Å². The highest BCUT2D eigenvalue weighted by atomic mass is 32.1. The van der Waals surface area contributed by atoms with E-state index in [0.29, 0.717) is 31.6 Å². The second-order valence-corrected chi connectivity index (χ2v) is 5.20. The fourth-order valence-corrected chi connectivity index (χ4v) is 2.32. The van der Waals surface area contributed by atoms with Crippen LogP contribution in [-0.4, -0.2) is 12.4 Å². The number of benzene rings is 1. The first-order chi connectivity index (χ1) is 9.25. The van der Waals surface area contributed by atoms with Gasteiger partial charge in [-0.25, -0.2) is 4.39 Å². The Morgan fingerprint density at radius 2 is 2.00 bits per heavy atom. The van der Waals surface area contributed by atoms with Crippen LogP contribution in [0.4, 0.5) is 4.39 Å². The number of halogens is 1. The average Bonchev–Trinajstić information content (AvgIpc) is 2.92. The molecule has 2 aromatic rings. The molecule has 4 heteroatoms. The van der Waals surface area contributed by atoms with Gasteiger partial charge in [0, 0.05) is 23.5 Å². The number of ether oxygens (including phenoxy) is 1. The Kier molecular flexibility index (Phi) is 5.24. The van der Waals surface area contributed by atoms with E-state index in [0.717, 1.165) is 0 Å². The van der Waals surface area contributed by atoms with Crippen LogP contribution < -0.4 is 0 Å². The summed E-state index contributed by atoms with van der Waals surface area (Å²) in [7, 11) is 0. The average molecular weight is 278 g/mol. The van der Waals surface area contributed by atoms with Gasteiger partial charge in [-0.1, -0.05) is 6.07 Å². The monoisotopic (exact) mass is 278 g/mol. The lowest BCUT2D eigenvalue weighted by Crippen LogP contribution is -2.02. The van der Waals surface area contributed by atoms with E-state index < -0.39 is 0 Å². The van der Waals surface area contributed by atoms with Crippen LogP contribution in [0.25, 0.3) is 0 Å². The first kappa shape index (κ1) is 13.9. The van der Waals surface area contributed by atoms with Gasteiger partial charge in [-0.05, 0) is 42.1 Å². The molecule has 2 nitrogen and oxygen atoms in total. The third-order valence-electron chi connectivity index (χ3n) is 2.68. The lowest BCUT2D eigenvalue weighted by molar-refractivity contribution is 0.0922. The molecule has 1 aromatic heterocycles. The van der Waals surface area contributed by atoms with Crippen molar-refractivity contribution in [2.45, 2.75) is 19.4 Å². The van der Waals surface area contributed by atoms with E-state index in [-0.39, 0.29) is 11.6 Å². The summed E-state index contributed by atoms with van der Waals surface area (Å²) in [5, 5.41) is 2.01. The Hall–Kier alpha value is -1.52. The van der Waals surface area contributed by atoms with E-state index in [4.69, 9.17) is 4.74 Å². The van der Waals surface area contributed by atoms with Crippen molar-refractivity contribution in [1.29, 1.82) is 0 Å². The summed E-state index contributed by atoms with van der Waals surface area (Å²) < 4.78 is 18.2. The van der Waals surface area contributed by atoms with Gasteiger partial charge < -0.3 is 4.74 Å². The van der Waals surface area contributed by atoms with Crippen molar-refractivity contribution in [3.8, 4) is 0 Å². The van der Waals surface area contributed by atoms with Crippen molar-refractivity contribution in [2.75, 3.05) is 6.61 Å². The highest BCUT2D eigenvalue weighted by Crippen LogP contribution is 2.11. The minimum atomic E-state index is -0.323. The molecule has 19 heavy (non-hydrogen) atoms. The minimum Gasteiger partial charge on any atom is -0.376 e. The fraction of sp³-hybridized carbons (Fsp3) is 0.267. The first-order valence-corrected chi connectivity index (χ1v) is 7.02. The molecule has 0 aliphatic carbocycles. The number of carbonyl (C=O) groups is 1. The molecule has 0 N–H and O–H groups in total. The summed E-state index contributed by atoms with van der Waals surface area (Å²) in [6.07, 6.45) is 1.11. The Balaban J connectivity index is 1.65. The van der Waals surface area contributed by atoms with Gasteiger partial charge in [0.25, 0.3) is 0 Å². The fourth-order valence-electron chi connectivity index (χ4n) is 1.68. The molecule has 1 aromatic carbocycles. The number of ketones is 1. The van der Waals surface area contributed by atoms with Gasteiger partial charge in [0.15, 0.2) is 5.78 Å². The number of hydrogen-bond acceptors (Lipinski definition) is 3. The zero-order valence-electron chi connectivity index (χ0n) is 10.5. The molecular formula is C15H15FO2S. The number of thiophene rings is 1. The second kappa shape index (κ2) is 7.16. The molecule has 0 aliphatic rings. The maximum Gasteiger partial charge on any atom is 0.162 e. The Labute approximate surface area is 115 Å². The van der Waals surface area contributed by atoms with Crippen molar-refractivity contribution in [1.82, 2.24) is 0 Å². The van der Waals surface area contributed by atoms with Crippen LogP contribution in [0.3, 0.4) is 0 Å². The molecule has 2 rings (SSSR count). The van der Waals surface area contributed by atoms with Crippen LogP contribution in [-0.2, 0) is 11.3 Å². The molecule has 1 heterocycles. The van der Waals surface area contributed by atoms with Crippen molar-refractivity contribution in [2.24, 2.45) is 0 Å². The first-order valence-electron chi connectivity index (χ1n) is 6.14. The molecule has 100 valence electrons. The standard InChI is InChI=1S/C15H15FO2S/c16-13-7-5-12(6-8-13)15(17)4-1-9-18-11-14-3-2-10-19-14/h2-3,5-8,10H,1,4,9,11H2. The van der Waals surface area contributed by atoms with Crippen LogP contribution in [0.1, 0.15) is 28.1 Å². The van der Waals surface area contributed by atoms with Crippen LogP contribution in [0.2, 0.25) is 0 Å². The molecule has 0 fully saturated rings. The Morgan fingerprint density at radius 1 is 1.21 bits per heavy atom. The minimum absolute atomic E-state index is 0.0275. The zero-order valence-corrected chi connectivity index (χ0v) is 11.3. The summed E-state index contributed by atoms with van der Waals surface area (Å²) >= 11 is 1.66. The molecule has 0 saturated carbocycles. The van der Waals surface area contributed by atoms with Gasteiger partial charge >= 0.3 is 0 Å². The van der Waals surface area contributed by atoms with Gasteiger partial charge in [-0.15, -0.1) is 11.3 Å². The van der Waals surface area contributed by atoms with Gasteiger partial charge in [0.2, 0.25) is 0 Å². The summed E-state index contributed by atoms with van der Waals surface area (Å²) in [5.41, 5.74) is 0.555. The SMILES string of the molecule is O=C(CCCOCc1cccs1)c1ccc(F)cc1. The van der Waals surface area contributed by atoms with Gasteiger partial charge in [-0.3, -0.25) is 4.79 Å². The van der Waals surface area contributed by atoms with Gasteiger partial charge in [0.05, 0.1) is 6.61 Å². The van der Waals surface area contributed by atoms with Crippen LogP contribution in [0, 0.1) is 5.82 Å².